The third-order valence-electron chi connectivity index (χ3n) is 3.40. The first-order chi connectivity index (χ1) is 10.7. The number of para-hydroxylation sites is 2. The summed E-state index contributed by atoms with van der Waals surface area (Å²) in [6.45, 7) is 4.09. The predicted octanol–water partition coefficient (Wildman–Crippen LogP) is 2.92. The van der Waals surface area contributed by atoms with Crippen molar-refractivity contribution in [2.45, 2.75) is 33.2 Å². The molecule has 0 atom stereocenters. The zero-order chi connectivity index (χ0) is 15.5. The number of amides is 1. The number of nitrogens with zero attached hydrogens (tertiary/aromatic N) is 3. The summed E-state index contributed by atoms with van der Waals surface area (Å²) in [7, 11) is 0. The van der Waals surface area contributed by atoms with E-state index in [2.05, 4.69) is 22.4 Å². The van der Waals surface area contributed by atoms with E-state index in [0.717, 1.165) is 29.7 Å². The van der Waals surface area contributed by atoms with Gasteiger partial charge in [0.1, 0.15) is 18.1 Å². The first-order valence-electron chi connectivity index (χ1n) is 7.34. The first-order valence-corrected chi connectivity index (χ1v) is 7.34. The average molecular weight is 298 g/mol. The third kappa shape index (κ3) is 2.86. The Hall–Kier alpha value is -2.63. The van der Waals surface area contributed by atoms with Crippen molar-refractivity contribution >= 4 is 22.8 Å². The maximum atomic E-state index is 12.2. The summed E-state index contributed by atoms with van der Waals surface area (Å²) in [5.41, 5.74) is 1.88. The normalized spacial score (nSPS) is 11.0. The number of aryl methyl sites for hydroxylation is 2. The van der Waals surface area contributed by atoms with Crippen molar-refractivity contribution in [1.82, 2.24) is 14.7 Å². The van der Waals surface area contributed by atoms with E-state index < -0.39 is 0 Å². The van der Waals surface area contributed by atoms with Crippen LogP contribution in [0.15, 0.2) is 34.9 Å². The number of imidazole rings is 1. The van der Waals surface area contributed by atoms with Gasteiger partial charge in [-0.3, -0.25) is 4.79 Å². The van der Waals surface area contributed by atoms with E-state index in [4.69, 9.17) is 4.52 Å². The van der Waals surface area contributed by atoms with E-state index in [-0.39, 0.29) is 12.5 Å². The molecule has 0 aliphatic rings. The van der Waals surface area contributed by atoms with Crippen molar-refractivity contribution in [2.24, 2.45) is 0 Å². The molecule has 0 bridgehead atoms. The number of anilines is 1. The van der Waals surface area contributed by atoms with E-state index in [1.807, 2.05) is 28.8 Å². The van der Waals surface area contributed by atoms with Crippen molar-refractivity contribution in [3.05, 3.63) is 41.9 Å². The van der Waals surface area contributed by atoms with Gasteiger partial charge in [0.15, 0.2) is 5.82 Å². The molecule has 0 spiro atoms. The van der Waals surface area contributed by atoms with Gasteiger partial charge in [-0.15, -0.1) is 0 Å². The topological polar surface area (TPSA) is 73.0 Å². The van der Waals surface area contributed by atoms with Gasteiger partial charge in [-0.25, -0.2) is 4.98 Å². The van der Waals surface area contributed by atoms with Crippen LogP contribution in [0.3, 0.4) is 0 Å². The Morgan fingerprint density at radius 3 is 2.91 bits per heavy atom. The molecule has 1 amide bonds. The largest absolute Gasteiger partial charge is 0.360 e. The quantitative estimate of drug-likeness (QED) is 0.786. The number of carbonyl (C=O) groups is 1. The van der Waals surface area contributed by atoms with Crippen molar-refractivity contribution in [3.63, 3.8) is 0 Å². The molecule has 3 aromatic rings. The Labute approximate surface area is 128 Å². The fourth-order valence-electron chi connectivity index (χ4n) is 2.47. The lowest BCUT2D eigenvalue weighted by Gasteiger charge is -2.08. The molecule has 0 fully saturated rings. The first kappa shape index (κ1) is 14.3. The van der Waals surface area contributed by atoms with E-state index in [1.54, 1.807) is 13.0 Å². The Balaban J connectivity index is 1.85. The maximum Gasteiger partial charge on any atom is 0.245 e. The van der Waals surface area contributed by atoms with Crippen LogP contribution in [0.2, 0.25) is 0 Å². The molecular formula is C16H18N4O2. The van der Waals surface area contributed by atoms with Crippen LogP contribution in [0.5, 0.6) is 0 Å². The molecule has 0 aliphatic heterocycles. The molecule has 2 heterocycles. The minimum Gasteiger partial charge on any atom is -0.360 e. The van der Waals surface area contributed by atoms with E-state index >= 15 is 0 Å². The smallest absolute Gasteiger partial charge is 0.245 e. The van der Waals surface area contributed by atoms with Crippen LogP contribution in [0.4, 0.5) is 5.82 Å². The van der Waals surface area contributed by atoms with Gasteiger partial charge in [-0.05, 0) is 25.5 Å². The Bertz CT molecular complexity index is 803. The lowest BCUT2D eigenvalue weighted by atomic mass is 10.3. The summed E-state index contributed by atoms with van der Waals surface area (Å²) in [6.07, 6.45) is 1.82. The highest BCUT2D eigenvalue weighted by molar-refractivity contribution is 5.90. The molecular weight excluding hydrogens is 280 g/mol. The number of hydrogen-bond donors (Lipinski definition) is 1. The molecule has 6 heteroatoms. The van der Waals surface area contributed by atoms with Crippen molar-refractivity contribution in [2.75, 3.05) is 5.32 Å². The summed E-state index contributed by atoms with van der Waals surface area (Å²) in [5, 5.41) is 6.52. The molecule has 0 unspecified atom stereocenters. The second-order valence-corrected chi connectivity index (χ2v) is 5.22. The lowest BCUT2D eigenvalue weighted by Crippen LogP contribution is -2.20. The molecule has 0 aliphatic carbocycles. The van der Waals surface area contributed by atoms with Crippen LogP contribution in [-0.4, -0.2) is 20.6 Å². The van der Waals surface area contributed by atoms with Gasteiger partial charge in [0, 0.05) is 12.5 Å². The minimum absolute atomic E-state index is 0.145. The standard InChI is InChI=1S/C16H18N4O2/c1-3-6-15-17-12-7-4-5-8-13(12)20(15)10-16(21)18-14-9-11(2)22-19-14/h4-5,7-9H,3,6,10H2,1-2H3,(H,18,19,21). The molecule has 22 heavy (non-hydrogen) atoms. The van der Waals surface area contributed by atoms with Crippen LogP contribution in [0.25, 0.3) is 11.0 Å². The molecule has 3 rings (SSSR count). The Morgan fingerprint density at radius 2 is 2.18 bits per heavy atom. The fourth-order valence-corrected chi connectivity index (χ4v) is 2.47. The Kier molecular flexibility index (Phi) is 3.91. The van der Waals surface area contributed by atoms with Gasteiger partial charge in [0.2, 0.25) is 5.91 Å². The average Bonchev–Trinajstić information content (AvgIpc) is 3.04. The molecule has 6 nitrogen and oxygen atoms in total. The molecule has 0 radical (unpaired) electrons. The minimum atomic E-state index is -0.145. The van der Waals surface area contributed by atoms with E-state index in [9.17, 15) is 4.79 Å². The van der Waals surface area contributed by atoms with Gasteiger partial charge in [0.05, 0.1) is 11.0 Å². The molecule has 0 saturated heterocycles. The summed E-state index contributed by atoms with van der Waals surface area (Å²) in [6, 6.07) is 9.54. The summed E-state index contributed by atoms with van der Waals surface area (Å²) < 4.78 is 6.91. The highest BCUT2D eigenvalue weighted by atomic mass is 16.5. The highest BCUT2D eigenvalue weighted by Crippen LogP contribution is 2.17. The second-order valence-electron chi connectivity index (χ2n) is 5.22. The SMILES string of the molecule is CCCc1nc2ccccc2n1CC(=O)Nc1cc(C)on1. The fraction of sp³-hybridized carbons (Fsp3) is 0.312. The number of aromatic nitrogens is 3. The van der Waals surface area contributed by atoms with E-state index in [1.165, 1.54) is 0 Å². The highest BCUT2D eigenvalue weighted by Gasteiger charge is 2.14. The summed E-state index contributed by atoms with van der Waals surface area (Å²) >= 11 is 0. The van der Waals surface area contributed by atoms with Gasteiger partial charge in [-0.2, -0.15) is 0 Å². The molecule has 1 aromatic carbocycles. The van der Waals surface area contributed by atoms with E-state index in [0.29, 0.717) is 11.6 Å². The van der Waals surface area contributed by atoms with Crippen molar-refractivity contribution in [1.29, 1.82) is 0 Å². The van der Waals surface area contributed by atoms with Gasteiger partial charge in [-0.1, -0.05) is 24.2 Å². The van der Waals surface area contributed by atoms with Crippen LogP contribution in [0, 0.1) is 6.92 Å². The van der Waals surface area contributed by atoms with Crippen LogP contribution in [-0.2, 0) is 17.8 Å². The number of hydrogen-bond acceptors (Lipinski definition) is 4. The summed E-state index contributed by atoms with van der Waals surface area (Å²) in [4.78, 5) is 16.9. The number of fused-ring (bicyclic) bond motifs is 1. The van der Waals surface area contributed by atoms with Gasteiger partial charge >= 0.3 is 0 Å². The lowest BCUT2D eigenvalue weighted by molar-refractivity contribution is -0.116. The molecule has 1 N–H and O–H groups in total. The molecule has 0 saturated carbocycles. The molecule has 114 valence electrons. The second kappa shape index (κ2) is 6.01. The van der Waals surface area contributed by atoms with Crippen molar-refractivity contribution in [3.8, 4) is 0 Å². The number of carbonyl (C=O) groups excluding carboxylic acids is 1. The van der Waals surface area contributed by atoms with Crippen molar-refractivity contribution < 1.29 is 9.32 Å². The third-order valence-corrected chi connectivity index (χ3v) is 3.40. The predicted molar refractivity (Wildman–Crippen MR) is 83.6 cm³/mol. The van der Waals surface area contributed by atoms with Crippen LogP contribution >= 0.6 is 0 Å². The number of nitrogens with one attached hydrogen (secondary N) is 1. The Morgan fingerprint density at radius 1 is 1.36 bits per heavy atom. The van der Waals surface area contributed by atoms with Crippen LogP contribution < -0.4 is 5.32 Å². The maximum absolute atomic E-state index is 12.2. The molecule has 2 aromatic heterocycles. The van der Waals surface area contributed by atoms with Gasteiger partial charge < -0.3 is 14.4 Å². The zero-order valence-electron chi connectivity index (χ0n) is 12.7. The number of benzene rings is 1. The number of rotatable bonds is 5. The van der Waals surface area contributed by atoms with Gasteiger partial charge in [0.25, 0.3) is 0 Å². The summed E-state index contributed by atoms with van der Waals surface area (Å²) in [5.74, 6) is 1.88. The zero-order valence-corrected chi connectivity index (χ0v) is 12.7. The monoisotopic (exact) mass is 298 g/mol. The van der Waals surface area contributed by atoms with Crippen LogP contribution in [0.1, 0.15) is 24.9 Å².